The molecule has 0 fully saturated rings. The van der Waals surface area contributed by atoms with Crippen LogP contribution in [-0.4, -0.2) is 20.1 Å². The van der Waals surface area contributed by atoms with Gasteiger partial charge in [-0.05, 0) is 30.7 Å². The lowest BCUT2D eigenvalue weighted by atomic mass is 10.0. The minimum Gasteiger partial charge on any atom is -0.497 e. The monoisotopic (exact) mass is 314 g/mol. The van der Waals surface area contributed by atoms with E-state index >= 15 is 0 Å². The van der Waals surface area contributed by atoms with Gasteiger partial charge in [-0.25, -0.2) is 0 Å². The van der Waals surface area contributed by atoms with Gasteiger partial charge < -0.3 is 15.2 Å². The normalized spacial score (nSPS) is 13.2. The van der Waals surface area contributed by atoms with Crippen molar-refractivity contribution in [3.8, 4) is 11.5 Å². The third-order valence-corrected chi connectivity index (χ3v) is 3.74. The Bertz CT molecular complexity index is 659. The molecule has 0 radical (unpaired) electrons. The lowest BCUT2D eigenvalue weighted by molar-refractivity contribution is -0.120. The molecule has 2 aromatic rings. The molecule has 23 heavy (non-hydrogen) atoms. The van der Waals surface area contributed by atoms with Gasteiger partial charge in [0, 0.05) is 11.6 Å². The third kappa shape index (κ3) is 4.02. The number of amides is 1. The maximum atomic E-state index is 11.8. The predicted octanol–water partition coefficient (Wildman–Crippen LogP) is 2.58. The van der Waals surface area contributed by atoms with E-state index in [2.05, 4.69) is 5.32 Å². The van der Waals surface area contributed by atoms with Crippen molar-refractivity contribution in [3.63, 3.8) is 0 Å². The molecule has 5 nitrogen and oxygen atoms in total. The van der Waals surface area contributed by atoms with Crippen LogP contribution in [-0.2, 0) is 4.79 Å². The van der Waals surface area contributed by atoms with Gasteiger partial charge in [-0.1, -0.05) is 30.3 Å². The van der Waals surface area contributed by atoms with Gasteiger partial charge in [-0.15, -0.1) is 0 Å². The number of rotatable bonds is 7. The second-order valence-corrected chi connectivity index (χ2v) is 5.24. The van der Waals surface area contributed by atoms with Crippen LogP contribution in [0, 0.1) is 0 Å². The Hall–Kier alpha value is -2.53. The predicted molar refractivity (Wildman–Crippen MR) is 89.5 cm³/mol. The van der Waals surface area contributed by atoms with Crippen LogP contribution in [0.5, 0.6) is 11.5 Å². The van der Waals surface area contributed by atoms with Gasteiger partial charge in [0.25, 0.3) is 0 Å². The number of carbonyl (C=O) groups excluding carboxylic acids is 1. The first kappa shape index (κ1) is 16.8. The first-order valence-electron chi connectivity index (χ1n) is 7.39. The van der Waals surface area contributed by atoms with Crippen LogP contribution < -0.4 is 20.5 Å². The summed E-state index contributed by atoms with van der Waals surface area (Å²) < 4.78 is 10.7. The summed E-state index contributed by atoms with van der Waals surface area (Å²) in [7, 11) is 3.22. The highest BCUT2D eigenvalue weighted by Gasteiger charge is 2.22. The smallest absolute Gasteiger partial charge is 0.239 e. The van der Waals surface area contributed by atoms with Gasteiger partial charge in [0.1, 0.15) is 17.5 Å². The molecule has 0 spiro atoms. The summed E-state index contributed by atoms with van der Waals surface area (Å²) in [6.45, 7) is 1.95. The summed E-state index contributed by atoms with van der Waals surface area (Å²) in [4.78, 5) is 11.8. The van der Waals surface area contributed by atoms with Crippen LogP contribution >= 0.6 is 0 Å². The molecule has 0 aliphatic heterocycles. The summed E-state index contributed by atoms with van der Waals surface area (Å²) in [6, 6.07) is 14.2. The van der Waals surface area contributed by atoms with E-state index in [0.29, 0.717) is 0 Å². The number of carbonyl (C=O) groups is 1. The Morgan fingerprint density at radius 3 is 2.35 bits per heavy atom. The molecule has 0 aliphatic rings. The highest BCUT2D eigenvalue weighted by atomic mass is 16.5. The summed E-state index contributed by atoms with van der Waals surface area (Å²) in [5.74, 6) is 1.02. The zero-order chi connectivity index (χ0) is 16.8. The Kier molecular flexibility index (Phi) is 5.60. The topological polar surface area (TPSA) is 73.6 Å². The third-order valence-electron chi connectivity index (χ3n) is 3.74. The lowest BCUT2D eigenvalue weighted by Gasteiger charge is -2.23. The summed E-state index contributed by atoms with van der Waals surface area (Å²) in [6.07, 6.45) is 0. The van der Waals surface area contributed by atoms with Crippen molar-refractivity contribution in [3.05, 3.63) is 59.7 Å². The van der Waals surface area contributed by atoms with Crippen LogP contribution in [0.1, 0.15) is 30.1 Å². The SMILES string of the molecule is COc1ccc(OC)c([C@@H](C)N[C@@H](C(N)=O)c2ccccc2)c1. The van der Waals surface area contributed by atoms with Gasteiger partial charge in [0.2, 0.25) is 5.91 Å². The summed E-state index contributed by atoms with van der Waals surface area (Å²) in [5, 5.41) is 3.26. The van der Waals surface area contributed by atoms with E-state index < -0.39 is 11.9 Å². The Morgan fingerprint density at radius 2 is 1.78 bits per heavy atom. The largest absolute Gasteiger partial charge is 0.497 e. The quantitative estimate of drug-likeness (QED) is 0.824. The molecule has 0 aromatic heterocycles. The number of ether oxygens (including phenoxy) is 2. The van der Waals surface area contributed by atoms with Crippen molar-refractivity contribution in [2.24, 2.45) is 5.73 Å². The Balaban J connectivity index is 2.29. The number of hydrogen-bond acceptors (Lipinski definition) is 4. The van der Waals surface area contributed by atoms with Crippen molar-refractivity contribution < 1.29 is 14.3 Å². The molecule has 3 N–H and O–H groups in total. The average molecular weight is 314 g/mol. The highest BCUT2D eigenvalue weighted by Crippen LogP contribution is 2.30. The van der Waals surface area contributed by atoms with Crippen LogP contribution in [0.15, 0.2) is 48.5 Å². The molecule has 0 aliphatic carbocycles. The molecule has 0 saturated carbocycles. The molecular weight excluding hydrogens is 292 g/mol. The van der Waals surface area contributed by atoms with Crippen LogP contribution in [0.3, 0.4) is 0 Å². The van der Waals surface area contributed by atoms with E-state index in [9.17, 15) is 4.79 Å². The minimum absolute atomic E-state index is 0.155. The van der Waals surface area contributed by atoms with E-state index in [1.165, 1.54) is 0 Å². The van der Waals surface area contributed by atoms with E-state index in [1.54, 1.807) is 14.2 Å². The van der Waals surface area contributed by atoms with E-state index in [4.69, 9.17) is 15.2 Å². The van der Waals surface area contributed by atoms with Crippen molar-refractivity contribution >= 4 is 5.91 Å². The molecule has 2 aromatic carbocycles. The Labute approximate surface area is 136 Å². The van der Waals surface area contributed by atoms with Crippen molar-refractivity contribution in [1.82, 2.24) is 5.32 Å². The number of nitrogens with two attached hydrogens (primary N) is 1. The molecule has 0 saturated heterocycles. The second kappa shape index (κ2) is 7.65. The standard InChI is InChI=1S/C18H22N2O3/c1-12(15-11-14(22-2)9-10-16(15)23-3)20-17(18(19)21)13-7-5-4-6-8-13/h4-12,17,20H,1-3H3,(H2,19,21)/t12-,17-/m1/s1. The van der Waals surface area contributed by atoms with Gasteiger partial charge in [0.15, 0.2) is 0 Å². The molecule has 2 atom stereocenters. The number of primary amides is 1. The molecule has 5 heteroatoms. The fraction of sp³-hybridized carbons (Fsp3) is 0.278. The molecule has 0 heterocycles. The molecule has 1 amide bonds. The first-order chi connectivity index (χ1) is 11.1. The fourth-order valence-corrected chi connectivity index (χ4v) is 2.51. The van der Waals surface area contributed by atoms with Gasteiger partial charge >= 0.3 is 0 Å². The average Bonchev–Trinajstić information content (AvgIpc) is 2.59. The van der Waals surface area contributed by atoms with Crippen molar-refractivity contribution in [2.75, 3.05) is 14.2 Å². The highest BCUT2D eigenvalue weighted by molar-refractivity contribution is 5.81. The van der Waals surface area contributed by atoms with E-state index in [0.717, 1.165) is 22.6 Å². The van der Waals surface area contributed by atoms with Gasteiger partial charge in [0.05, 0.1) is 14.2 Å². The molecule has 0 unspecified atom stereocenters. The Morgan fingerprint density at radius 1 is 1.09 bits per heavy atom. The molecular formula is C18H22N2O3. The number of benzene rings is 2. The fourth-order valence-electron chi connectivity index (χ4n) is 2.51. The van der Waals surface area contributed by atoms with Gasteiger partial charge in [-0.2, -0.15) is 0 Å². The van der Waals surface area contributed by atoms with Crippen LogP contribution in [0.4, 0.5) is 0 Å². The maximum absolute atomic E-state index is 11.8. The number of methoxy groups -OCH3 is 2. The second-order valence-electron chi connectivity index (χ2n) is 5.24. The lowest BCUT2D eigenvalue weighted by Crippen LogP contribution is -2.35. The number of hydrogen-bond donors (Lipinski definition) is 2. The number of nitrogens with one attached hydrogen (secondary N) is 1. The van der Waals surface area contributed by atoms with Gasteiger partial charge in [-0.3, -0.25) is 10.1 Å². The molecule has 2 rings (SSSR count). The zero-order valence-electron chi connectivity index (χ0n) is 13.6. The molecule has 122 valence electrons. The summed E-state index contributed by atoms with van der Waals surface area (Å²) >= 11 is 0. The minimum atomic E-state index is -0.581. The van der Waals surface area contributed by atoms with E-state index in [-0.39, 0.29) is 6.04 Å². The maximum Gasteiger partial charge on any atom is 0.239 e. The van der Waals surface area contributed by atoms with E-state index in [1.807, 2.05) is 55.5 Å². The van der Waals surface area contributed by atoms with Crippen LogP contribution in [0.25, 0.3) is 0 Å². The van der Waals surface area contributed by atoms with Crippen molar-refractivity contribution in [2.45, 2.75) is 19.0 Å². The zero-order valence-corrected chi connectivity index (χ0v) is 13.6. The van der Waals surface area contributed by atoms with Crippen molar-refractivity contribution in [1.29, 1.82) is 0 Å². The van der Waals surface area contributed by atoms with Crippen LogP contribution in [0.2, 0.25) is 0 Å². The molecule has 0 bridgehead atoms. The first-order valence-corrected chi connectivity index (χ1v) is 7.39. The summed E-state index contributed by atoms with van der Waals surface area (Å²) in [5.41, 5.74) is 7.29.